The fraction of sp³-hybridized carbons (Fsp3) is 0.571. The zero-order chi connectivity index (χ0) is 20.1. The highest BCUT2D eigenvalue weighted by molar-refractivity contribution is 5.93. The molecule has 0 atom stereocenters. The molecule has 2 heterocycles. The zero-order valence-corrected chi connectivity index (χ0v) is 17.4. The largest absolute Gasteiger partial charge is 0.339 e. The molecule has 152 valence electrons. The highest BCUT2D eigenvalue weighted by Crippen LogP contribution is 2.20. The van der Waals surface area contributed by atoms with Gasteiger partial charge in [0.05, 0.1) is 13.1 Å². The summed E-state index contributed by atoms with van der Waals surface area (Å²) in [7, 11) is 0. The third-order valence-corrected chi connectivity index (χ3v) is 4.98. The van der Waals surface area contributed by atoms with Gasteiger partial charge in [0.15, 0.2) is 5.82 Å². The van der Waals surface area contributed by atoms with E-state index in [9.17, 15) is 4.79 Å². The standard InChI is InChI=1S/C21H31N5O2/c1-5-16-8-6-7-9-17(16)22-19(27)15-26-12-10-25(11-13-26)14-18-23-20(28-24-18)21(2,3)4/h6-9H,5,10-15H2,1-4H3,(H,22,27). The number of piperazine rings is 1. The summed E-state index contributed by atoms with van der Waals surface area (Å²) in [5.41, 5.74) is 1.95. The molecule has 0 aliphatic carbocycles. The Kier molecular flexibility index (Phi) is 6.46. The number of hydrogen-bond acceptors (Lipinski definition) is 6. The highest BCUT2D eigenvalue weighted by Gasteiger charge is 2.24. The summed E-state index contributed by atoms with van der Waals surface area (Å²) in [6, 6.07) is 7.97. The van der Waals surface area contributed by atoms with Gasteiger partial charge >= 0.3 is 0 Å². The fourth-order valence-electron chi connectivity index (χ4n) is 3.27. The fourth-order valence-corrected chi connectivity index (χ4v) is 3.27. The van der Waals surface area contributed by atoms with Crippen LogP contribution in [0, 0.1) is 0 Å². The molecular formula is C21H31N5O2. The van der Waals surface area contributed by atoms with Gasteiger partial charge in [-0.2, -0.15) is 4.98 Å². The smallest absolute Gasteiger partial charge is 0.238 e. The minimum absolute atomic E-state index is 0.0438. The summed E-state index contributed by atoms with van der Waals surface area (Å²) < 4.78 is 5.37. The van der Waals surface area contributed by atoms with Gasteiger partial charge in [-0.25, -0.2) is 0 Å². The number of nitrogens with one attached hydrogen (secondary N) is 1. The first-order chi connectivity index (χ1) is 13.3. The first kappa shape index (κ1) is 20.5. The predicted octanol–water partition coefficient (Wildman–Crippen LogP) is 2.69. The van der Waals surface area contributed by atoms with E-state index in [4.69, 9.17) is 4.52 Å². The summed E-state index contributed by atoms with van der Waals surface area (Å²) in [5.74, 6) is 1.44. The van der Waals surface area contributed by atoms with E-state index in [1.165, 1.54) is 0 Å². The van der Waals surface area contributed by atoms with Crippen LogP contribution in [0.4, 0.5) is 5.69 Å². The van der Waals surface area contributed by atoms with Gasteiger partial charge in [0.1, 0.15) is 0 Å². The van der Waals surface area contributed by atoms with E-state index in [1.54, 1.807) is 0 Å². The van der Waals surface area contributed by atoms with Crippen molar-refractivity contribution in [1.82, 2.24) is 19.9 Å². The minimum Gasteiger partial charge on any atom is -0.339 e. The summed E-state index contributed by atoms with van der Waals surface area (Å²) in [5, 5.41) is 7.15. The van der Waals surface area contributed by atoms with Crippen molar-refractivity contribution in [3.63, 3.8) is 0 Å². The van der Waals surface area contributed by atoms with E-state index in [0.29, 0.717) is 19.0 Å². The Morgan fingerprint density at radius 3 is 2.46 bits per heavy atom. The Hall–Kier alpha value is -2.25. The number of anilines is 1. The molecule has 28 heavy (non-hydrogen) atoms. The van der Waals surface area contributed by atoms with Gasteiger partial charge in [-0.15, -0.1) is 0 Å². The van der Waals surface area contributed by atoms with Gasteiger partial charge in [0.25, 0.3) is 0 Å². The van der Waals surface area contributed by atoms with E-state index in [0.717, 1.165) is 49.7 Å². The van der Waals surface area contributed by atoms with Crippen LogP contribution < -0.4 is 5.32 Å². The van der Waals surface area contributed by atoms with Crippen molar-refractivity contribution < 1.29 is 9.32 Å². The van der Waals surface area contributed by atoms with Crippen molar-refractivity contribution in [2.75, 3.05) is 38.0 Å². The monoisotopic (exact) mass is 385 g/mol. The molecule has 2 aromatic rings. The molecule has 1 aromatic heterocycles. The summed E-state index contributed by atoms with van der Waals surface area (Å²) in [6.07, 6.45) is 0.905. The molecule has 1 aromatic carbocycles. The van der Waals surface area contributed by atoms with Crippen molar-refractivity contribution in [3.05, 3.63) is 41.5 Å². The van der Waals surface area contributed by atoms with Crippen LogP contribution in [-0.4, -0.2) is 58.6 Å². The van der Waals surface area contributed by atoms with E-state index < -0.39 is 0 Å². The van der Waals surface area contributed by atoms with E-state index in [2.05, 4.69) is 59.0 Å². The molecule has 1 fully saturated rings. The number of benzene rings is 1. The Morgan fingerprint density at radius 1 is 1.14 bits per heavy atom. The van der Waals surface area contributed by atoms with Crippen LogP contribution >= 0.6 is 0 Å². The van der Waals surface area contributed by atoms with Crippen LogP contribution in [0.15, 0.2) is 28.8 Å². The Labute approximate surface area is 167 Å². The topological polar surface area (TPSA) is 74.5 Å². The highest BCUT2D eigenvalue weighted by atomic mass is 16.5. The number of hydrogen-bond donors (Lipinski definition) is 1. The van der Waals surface area contributed by atoms with Crippen LogP contribution in [0.25, 0.3) is 0 Å². The minimum atomic E-state index is -0.131. The van der Waals surface area contributed by atoms with Crippen LogP contribution in [0.3, 0.4) is 0 Å². The molecule has 1 N–H and O–H groups in total. The lowest BCUT2D eigenvalue weighted by molar-refractivity contribution is -0.117. The summed E-state index contributed by atoms with van der Waals surface area (Å²) in [4.78, 5) is 21.4. The number of carbonyl (C=O) groups is 1. The maximum atomic E-state index is 12.4. The second-order valence-electron chi connectivity index (χ2n) is 8.38. The van der Waals surface area contributed by atoms with Crippen LogP contribution in [0.2, 0.25) is 0 Å². The number of para-hydroxylation sites is 1. The lowest BCUT2D eigenvalue weighted by Gasteiger charge is -2.33. The first-order valence-corrected chi connectivity index (χ1v) is 10.0. The summed E-state index contributed by atoms with van der Waals surface area (Å²) in [6.45, 7) is 12.9. The molecule has 7 heteroatoms. The zero-order valence-electron chi connectivity index (χ0n) is 17.4. The molecule has 3 rings (SSSR count). The number of aromatic nitrogens is 2. The molecule has 1 amide bonds. The van der Waals surface area contributed by atoms with Crippen molar-refractivity contribution in [2.45, 2.75) is 46.1 Å². The maximum absolute atomic E-state index is 12.4. The molecule has 0 spiro atoms. The molecule has 1 aliphatic rings. The van der Waals surface area contributed by atoms with E-state index in [-0.39, 0.29) is 11.3 Å². The van der Waals surface area contributed by atoms with Gasteiger partial charge in [-0.3, -0.25) is 14.6 Å². The molecule has 0 radical (unpaired) electrons. The maximum Gasteiger partial charge on any atom is 0.238 e. The van der Waals surface area contributed by atoms with Gasteiger partial charge in [0.2, 0.25) is 11.8 Å². The third kappa shape index (κ3) is 5.39. The molecular weight excluding hydrogens is 354 g/mol. The van der Waals surface area contributed by atoms with E-state index >= 15 is 0 Å². The number of nitrogens with zero attached hydrogens (tertiary/aromatic N) is 4. The van der Waals surface area contributed by atoms with Crippen LogP contribution in [-0.2, 0) is 23.2 Å². The quantitative estimate of drug-likeness (QED) is 0.824. The predicted molar refractivity (Wildman–Crippen MR) is 109 cm³/mol. The Balaban J connectivity index is 1.45. The molecule has 0 bridgehead atoms. The molecule has 1 aliphatic heterocycles. The average molecular weight is 386 g/mol. The third-order valence-electron chi connectivity index (χ3n) is 4.98. The lowest BCUT2D eigenvalue weighted by Crippen LogP contribution is -2.48. The molecule has 1 saturated heterocycles. The lowest BCUT2D eigenvalue weighted by atomic mass is 9.97. The summed E-state index contributed by atoms with van der Waals surface area (Å²) >= 11 is 0. The van der Waals surface area contributed by atoms with Gasteiger partial charge in [-0.1, -0.05) is 51.1 Å². The average Bonchev–Trinajstić information content (AvgIpc) is 3.13. The van der Waals surface area contributed by atoms with Crippen molar-refractivity contribution in [1.29, 1.82) is 0 Å². The Bertz CT molecular complexity index is 788. The Morgan fingerprint density at radius 2 is 1.82 bits per heavy atom. The van der Waals surface area contributed by atoms with Crippen molar-refractivity contribution in [2.24, 2.45) is 0 Å². The van der Waals surface area contributed by atoms with Crippen LogP contribution in [0.5, 0.6) is 0 Å². The van der Waals surface area contributed by atoms with Crippen LogP contribution in [0.1, 0.15) is 45.0 Å². The second-order valence-corrected chi connectivity index (χ2v) is 8.38. The number of carbonyl (C=O) groups excluding carboxylic acids is 1. The molecule has 0 unspecified atom stereocenters. The normalized spacial score (nSPS) is 16.3. The number of amides is 1. The van der Waals surface area contributed by atoms with Gasteiger partial charge in [-0.05, 0) is 18.1 Å². The SMILES string of the molecule is CCc1ccccc1NC(=O)CN1CCN(Cc2noc(C(C)(C)C)n2)CC1. The van der Waals surface area contributed by atoms with Gasteiger partial charge in [0, 0.05) is 37.3 Å². The van der Waals surface area contributed by atoms with Gasteiger partial charge < -0.3 is 9.84 Å². The van der Waals surface area contributed by atoms with Crippen molar-refractivity contribution >= 4 is 11.6 Å². The van der Waals surface area contributed by atoms with E-state index in [1.807, 2.05) is 18.2 Å². The molecule has 0 saturated carbocycles. The molecule has 7 nitrogen and oxygen atoms in total. The first-order valence-electron chi connectivity index (χ1n) is 10.0. The number of aryl methyl sites for hydroxylation is 1. The second kappa shape index (κ2) is 8.84. The number of rotatable bonds is 6. The van der Waals surface area contributed by atoms with Crippen molar-refractivity contribution in [3.8, 4) is 0 Å².